The maximum absolute atomic E-state index is 12.4. The van der Waals surface area contributed by atoms with Crippen LogP contribution in [0.2, 0.25) is 0 Å². The first-order chi connectivity index (χ1) is 9.74. The maximum atomic E-state index is 12.4. The van der Waals surface area contributed by atoms with Gasteiger partial charge in [0.05, 0.1) is 6.20 Å². The first-order valence-corrected chi connectivity index (χ1v) is 8.47. The summed E-state index contributed by atoms with van der Waals surface area (Å²) in [5, 5.41) is 10.4. The van der Waals surface area contributed by atoms with Gasteiger partial charge in [0.1, 0.15) is 0 Å². The van der Waals surface area contributed by atoms with E-state index in [1.54, 1.807) is 29.3 Å². The molecule has 1 aliphatic heterocycles. The molecule has 0 saturated carbocycles. The number of carbonyl (C=O) groups is 1. The third-order valence-corrected chi connectivity index (χ3v) is 5.76. The van der Waals surface area contributed by atoms with E-state index in [0.29, 0.717) is 10.9 Å². The minimum atomic E-state index is -0.00877. The van der Waals surface area contributed by atoms with Crippen LogP contribution in [0.4, 0.5) is 0 Å². The van der Waals surface area contributed by atoms with Crippen molar-refractivity contribution in [2.24, 2.45) is 7.05 Å². The number of nitrogens with zero attached hydrogens (tertiary/aromatic N) is 4. The van der Waals surface area contributed by atoms with Crippen LogP contribution in [0.1, 0.15) is 27.0 Å². The van der Waals surface area contributed by atoms with E-state index < -0.39 is 0 Å². The zero-order valence-corrected chi connectivity index (χ0v) is 12.9. The molecule has 0 unspecified atom stereocenters. The zero-order chi connectivity index (χ0) is 13.9. The highest BCUT2D eigenvalue weighted by molar-refractivity contribution is 7.99. The molecule has 1 amide bonds. The molecule has 0 radical (unpaired) electrons. The van der Waals surface area contributed by atoms with Gasteiger partial charge in [0.15, 0.2) is 5.69 Å². The van der Waals surface area contributed by atoms with Crippen molar-refractivity contribution in [3.05, 3.63) is 34.3 Å². The number of aromatic nitrogens is 3. The second-order valence-corrected chi connectivity index (χ2v) is 7.02. The molecular weight excluding hydrogens is 292 g/mol. The molecule has 1 fully saturated rings. The van der Waals surface area contributed by atoms with Crippen molar-refractivity contribution in [2.75, 3.05) is 18.8 Å². The monoisotopic (exact) mass is 308 g/mol. The summed E-state index contributed by atoms with van der Waals surface area (Å²) >= 11 is 3.74. The van der Waals surface area contributed by atoms with Crippen LogP contribution >= 0.6 is 23.1 Å². The number of amides is 1. The molecule has 106 valence electrons. The summed E-state index contributed by atoms with van der Waals surface area (Å²) in [7, 11) is 1.77. The standard InChI is InChI=1S/C13H16N4OS2/c1-16-9-10(14-15-16)13(18)17-5-4-12(20-8-6-17)11-3-2-7-19-11/h2-3,7,9,12H,4-6,8H2,1H3/t12-/m0/s1. The lowest BCUT2D eigenvalue weighted by Gasteiger charge is -2.18. The predicted molar refractivity (Wildman–Crippen MR) is 81.0 cm³/mol. The van der Waals surface area contributed by atoms with E-state index >= 15 is 0 Å². The quantitative estimate of drug-likeness (QED) is 0.853. The lowest BCUT2D eigenvalue weighted by atomic mass is 10.2. The molecule has 0 aliphatic carbocycles. The molecule has 0 N–H and O–H groups in total. The molecule has 1 saturated heterocycles. The van der Waals surface area contributed by atoms with Crippen LogP contribution in [0.5, 0.6) is 0 Å². The fraction of sp³-hybridized carbons (Fsp3) is 0.462. The number of carbonyl (C=O) groups excluding carboxylic acids is 1. The highest BCUT2D eigenvalue weighted by atomic mass is 32.2. The second-order valence-electron chi connectivity index (χ2n) is 4.73. The Kier molecular flexibility index (Phi) is 4.07. The van der Waals surface area contributed by atoms with Gasteiger partial charge in [0, 0.05) is 36.0 Å². The molecule has 1 aliphatic rings. The highest BCUT2D eigenvalue weighted by Gasteiger charge is 2.24. The van der Waals surface area contributed by atoms with Crippen molar-refractivity contribution in [3.8, 4) is 0 Å². The Labute approximate surface area is 126 Å². The number of thiophene rings is 1. The smallest absolute Gasteiger partial charge is 0.276 e. The first-order valence-electron chi connectivity index (χ1n) is 6.54. The van der Waals surface area contributed by atoms with Gasteiger partial charge in [-0.25, -0.2) is 0 Å². The van der Waals surface area contributed by atoms with Crippen molar-refractivity contribution in [3.63, 3.8) is 0 Å². The van der Waals surface area contributed by atoms with Gasteiger partial charge in [0.2, 0.25) is 0 Å². The minimum Gasteiger partial charge on any atom is -0.336 e. The van der Waals surface area contributed by atoms with Gasteiger partial charge in [-0.15, -0.1) is 16.4 Å². The van der Waals surface area contributed by atoms with E-state index in [4.69, 9.17) is 0 Å². The van der Waals surface area contributed by atoms with E-state index in [2.05, 4.69) is 27.8 Å². The number of rotatable bonds is 2. The topological polar surface area (TPSA) is 51.0 Å². The van der Waals surface area contributed by atoms with Gasteiger partial charge in [0.25, 0.3) is 5.91 Å². The summed E-state index contributed by atoms with van der Waals surface area (Å²) in [6.07, 6.45) is 2.67. The number of hydrogen-bond acceptors (Lipinski definition) is 5. The van der Waals surface area contributed by atoms with Gasteiger partial charge in [-0.1, -0.05) is 11.3 Å². The van der Waals surface area contributed by atoms with Gasteiger partial charge in [-0.05, 0) is 17.9 Å². The Morgan fingerprint density at radius 2 is 2.35 bits per heavy atom. The van der Waals surface area contributed by atoms with Gasteiger partial charge < -0.3 is 4.90 Å². The first kappa shape index (κ1) is 13.6. The van der Waals surface area contributed by atoms with Crippen LogP contribution in [0.25, 0.3) is 0 Å². The summed E-state index contributed by atoms with van der Waals surface area (Å²) in [5.41, 5.74) is 0.437. The molecule has 20 heavy (non-hydrogen) atoms. The van der Waals surface area contributed by atoms with Crippen molar-refractivity contribution >= 4 is 29.0 Å². The SMILES string of the molecule is Cn1cc(C(=O)N2CCS[C@H](c3cccs3)CC2)nn1. The summed E-state index contributed by atoms with van der Waals surface area (Å²) in [5.74, 6) is 0.958. The molecule has 5 nitrogen and oxygen atoms in total. The van der Waals surface area contributed by atoms with Crippen LogP contribution in [0.3, 0.4) is 0 Å². The fourth-order valence-electron chi connectivity index (χ4n) is 2.28. The number of thioether (sulfide) groups is 1. The zero-order valence-electron chi connectivity index (χ0n) is 11.2. The van der Waals surface area contributed by atoms with Crippen LogP contribution in [-0.2, 0) is 7.05 Å². The average Bonchev–Trinajstić information content (AvgIpc) is 3.05. The van der Waals surface area contributed by atoms with Crippen LogP contribution in [0.15, 0.2) is 23.7 Å². The van der Waals surface area contributed by atoms with E-state index in [0.717, 1.165) is 25.3 Å². The Morgan fingerprint density at radius 3 is 3.05 bits per heavy atom. The fourth-order valence-corrected chi connectivity index (χ4v) is 4.52. The van der Waals surface area contributed by atoms with Crippen LogP contribution in [-0.4, -0.2) is 44.6 Å². The summed E-state index contributed by atoms with van der Waals surface area (Å²) < 4.78 is 1.56. The lowest BCUT2D eigenvalue weighted by Crippen LogP contribution is -2.33. The summed E-state index contributed by atoms with van der Waals surface area (Å²) in [6, 6.07) is 4.27. The van der Waals surface area contributed by atoms with Crippen molar-refractivity contribution in [2.45, 2.75) is 11.7 Å². The largest absolute Gasteiger partial charge is 0.336 e. The van der Waals surface area contributed by atoms with Crippen molar-refractivity contribution in [1.82, 2.24) is 19.9 Å². The molecule has 7 heteroatoms. The highest BCUT2D eigenvalue weighted by Crippen LogP contribution is 2.36. The summed E-state index contributed by atoms with van der Waals surface area (Å²) in [6.45, 7) is 1.56. The maximum Gasteiger partial charge on any atom is 0.276 e. The van der Waals surface area contributed by atoms with E-state index in [-0.39, 0.29) is 5.91 Å². The third kappa shape index (κ3) is 2.88. The van der Waals surface area contributed by atoms with E-state index in [1.807, 2.05) is 16.7 Å². The van der Waals surface area contributed by atoms with E-state index in [9.17, 15) is 4.79 Å². The third-order valence-electron chi connectivity index (χ3n) is 3.31. The molecule has 2 aromatic rings. The Bertz CT molecular complexity index is 581. The normalized spacial score (nSPS) is 19.9. The van der Waals surface area contributed by atoms with Gasteiger partial charge in [-0.3, -0.25) is 9.48 Å². The Hall–Kier alpha value is -1.34. The number of hydrogen-bond donors (Lipinski definition) is 0. The van der Waals surface area contributed by atoms with Crippen LogP contribution < -0.4 is 0 Å². The van der Waals surface area contributed by atoms with Gasteiger partial charge >= 0.3 is 0 Å². The molecule has 0 spiro atoms. The Balaban J connectivity index is 1.66. The summed E-state index contributed by atoms with van der Waals surface area (Å²) in [4.78, 5) is 15.7. The average molecular weight is 308 g/mol. The lowest BCUT2D eigenvalue weighted by molar-refractivity contribution is 0.0760. The molecule has 3 heterocycles. The van der Waals surface area contributed by atoms with Crippen molar-refractivity contribution in [1.29, 1.82) is 0 Å². The van der Waals surface area contributed by atoms with E-state index in [1.165, 1.54) is 4.88 Å². The molecule has 1 atom stereocenters. The second kappa shape index (κ2) is 5.97. The van der Waals surface area contributed by atoms with Crippen molar-refractivity contribution < 1.29 is 4.79 Å². The Morgan fingerprint density at radius 1 is 1.45 bits per heavy atom. The molecule has 3 rings (SSSR count). The predicted octanol–water partition coefficient (Wildman–Crippen LogP) is 2.20. The van der Waals surface area contributed by atoms with Gasteiger partial charge in [-0.2, -0.15) is 11.8 Å². The van der Waals surface area contributed by atoms with Crippen LogP contribution in [0, 0.1) is 0 Å². The molecule has 0 aromatic carbocycles. The number of aryl methyl sites for hydroxylation is 1. The minimum absolute atomic E-state index is 0.00877. The molecule has 0 bridgehead atoms. The molecule has 2 aromatic heterocycles. The molecular formula is C13H16N4OS2.